The molecule has 0 fully saturated rings. The molecule has 0 rings (SSSR count). The lowest BCUT2D eigenvalue weighted by Crippen LogP contribution is -2.14. The van der Waals surface area contributed by atoms with Crippen LogP contribution in [-0.4, -0.2) is 17.1 Å². The van der Waals surface area contributed by atoms with E-state index in [4.69, 9.17) is 4.74 Å². The molecule has 0 N–H and O–H groups in total. The Morgan fingerprint density at radius 2 is 1.88 bits per heavy atom. The van der Waals surface area contributed by atoms with Crippen LogP contribution in [0.5, 0.6) is 0 Å². The van der Waals surface area contributed by atoms with Crippen LogP contribution in [0.3, 0.4) is 0 Å². The number of ether oxygens (including phenoxy) is 1. The summed E-state index contributed by atoms with van der Waals surface area (Å²) >= 11 is 2.03. The molecule has 2 heteroatoms. The maximum atomic E-state index is 5.02. The van der Waals surface area contributed by atoms with Crippen LogP contribution in [0.1, 0.15) is 59.8 Å². The molecule has 0 aromatic rings. The second-order valence-corrected chi connectivity index (χ2v) is 7.25. The lowest BCUT2D eigenvalue weighted by Gasteiger charge is -2.23. The van der Waals surface area contributed by atoms with Gasteiger partial charge < -0.3 is 4.74 Å². The third-order valence-corrected chi connectivity index (χ3v) is 3.68. The van der Waals surface area contributed by atoms with Crippen molar-refractivity contribution < 1.29 is 4.74 Å². The average Bonchev–Trinajstić information content (AvgIpc) is 2.18. The number of thioether (sulfide) groups is 1. The minimum absolute atomic E-state index is 0.327. The Bertz CT molecular complexity index is 182. The summed E-state index contributed by atoms with van der Waals surface area (Å²) in [7, 11) is 1.71. The highest BCUT2D eigenvalue weighted by Crippen LogP contribution is 2.31. The number of hydrogen-bond donors (Lipinski definition) is 0. The molecule has 0 aliphatic rings. The average molecular weight is 244 g/mol. The van der Waals surface area contributed by atoms with E-state index in [1.807, 2.05) is 18.0 Å². The van der Waals surface area contributed by atoms with Gasteiger partial charge in [0, 0.05) is 10.00 Å². The highest BCUT2D eigenvalue weighted by molar-refractivity contribution is 8.01. The van der Waals surface area contributed by atoms with Gasteiger partial charge >= 0.3 is 0 Å². The van der Waals surface area contributed by atoms with Crippen LogP contribution < -0.4 is 0 Å². The van der Waals surface area contributed by atoms with E-state index >= 15 is 0 Å². The fourth-order valence-electron chi connectivity index (χ4n) is 1.59. The van der Waals surface area contributed by atoms with Crippen molar-refractivity contribution in [3.63, 3.8) is 0 Å². The number of rotatable bonds is 8. The van der Waals surface area contributed by atoms with Crippen LogP contribution in [0.15, 0.2) is 12.3 Å². The van der Waals surface area contributed by atoms with Crippen molar-refractivity contribution in [2.75, 3.05) is 7.11 Å². The van der Waals surface area contributed by atoms with Gasteiger partial charge in [0.25, 0.3) is 0 Å². The van der Waals surface area contributed by atoms with Crippen LogP contribution in [-0.2, 0) is 4.74 Å². The van der Waals surface area contributed by atoms with Crippen LogP contribution in [0.25, 0.3) is 0 Å². The van der Waals surface area contributed by atoms with E-state index in [1.54, 1.807) is 7.11 Å². The minimum atomic E-state index is 0.327. The summed E-state index contributed by atoms with van der Waals surface area (Å²) in [4.78, 5) is 0. The molecule has 0 aliphatic carbocycles. The molecule has 0 bridgehead atoms. The van der Waals surface area contributed by atoms with Crippen molar-refractivity contribution in [2.45, 2.75) is 69.8 Å². The first-order valence-electron chi connectivity index (χ1n) is 6.37. The molecule has 1 unspecified atom stereocenters. The number of methoxy groups -OCH3 is 1. The van der Waals surface area contributed by atoms with Crippen molar-refractivity contribution >= 4 is 11.8 Å². The van der Waals surface area contributed by atoms with Crippen molar-refractivity contribution in [3.8, 4) is 0 Å². The summed E-state index contributed by atoms with van der Waals surface area (Å²) in [6.07, 6.45) is 10.6. The maximum absolute atomic E-state index is 5.02. The van der Waals surface area contributed by atoms with Crippen LogP contribution in [0.2, 0.25) is 0 Å². The fraction of sp³-hybridized carbons (Fsp3) is 0.857. The smallest absolute Gasteiger partial charge is 0.0795 e. The van der Waals surface area contributed by atoms with Gasteiger partial charge in [0.1, 0.15) is 0 Å². The standard InChI is InChI=1S/C14H28OS/c1-6-7-8-9-10-13(11-12-15-5)16-14(2,3)4/h11-13H,6-10H2,1-5H3/b12-11-. The van der Waals surface area contributed by atoms with E-state index < -0.39 is 0 Å². The monoisotopic (exact) mass is 244 g/mol. The molecule has 1 atom stereocenters. The van der Waals surface area contributed by atoms with Gasteiger partial charge in [-0.3, -0.25) is 0 Å². The Morgan fingerprint density at radius 1 is 1.19 bits per heavy atom. The second-order valence-electron chi connectivity index (χ2n) is 5.18. The first-order valence-corrected chi connectivity index (χ1v) is 7.25. The summed E-state index contributed by atoms with van der Waals surface area (Å²) in [5.74, 6) is 0. The van der Waals surface area contributed by atoms with Crippen molar-refractivity contribution in [1.29, 1.82) is 0 Å². The largest absolute Gasteiger partial charge is 0.505 e. The Balaban J connectivity index is 3.96. The predicted molar refractivity (Wildman–Crippen MR) is 76.0 cm³/mol. The van der Waals surface area contributed by atoms with Gasteiger partial charge in [0.15, 0.2) is 0 Å². The van der Waals surface area contributed by atoms with Crippen molar-refractivity contribution in [2.24, 2.45) is 0 Å². The maximum Gasteiger partial charge on any atom is 0.0795 e. The Kier molecular flexibility index (Phi) is 8.91. The predicted octanol–water partition coefficient (Wildman–Crippen LogP) is 5.02. The Labute approximate surface area is 106 Å². The number of hydrogen-bond acceptors (Lipinski definition) is 2. The van der Waals surface area contributed by atoms with E-state index in [1.165, 1.54) is 32.1 Å². The molecule has 0 saturated heterocycles. The zero-order valence-electron chi connectivity index (χ0n) is 11.6. The molecule has 0 aliphatic heterocycles. The third-order valence-electron chi connectivity index (χ3n) is 2.28. The van der Waals surface area contributed by atoms with E-state index in [9.17, 15) is 0 Å². The fourth-order valence-corrected chi connectivity index (χ4v) is 2.92. The van der Waals surface area contributed by atoms with E-state index in [-0.39, 0.29) is 0 Å². The van der Waals surface area contributed by atoms with Crippen molar-refractivity contribution in [3.05, 3.63) is 12.3 Å². The highest BCUT2D eigenvalue weighted by atomic mass is 32.2. The first kappa shape index (κ1) is 15.9. The summed E-state index contributed by atoms with van der Waals surface area (Å²) in [5, 5.41) is 0.594. The van der Waals surface area contributed by atoms with Gasteiger partial charge in [-0.25, -0.2) is 0 Å². The van der Waals surface area contributed by atoms with Gasteiger partial charge in [-0.05, 0) is 12.5 Å². The lowest BCUT2D eigenvalue weighted by atomic mass is 10.1. The van der Waals surface area contributed by atoms with E-state index in [0.29, 0.717) is 10.00 Å². The first-order chi connectivity index (χ1) is 7.49. The molecule has 0 aromatic carbocycles. The van der Waals surface area contributed by atoms with Crippen molar-refractivity contribution in [1.82, 2.24) is 0 Å². The molecule has 1 nitrogen and oxygen atoms in total. The number of unbranched alkanes of at least 4 members (excludes halogenated alkanes) is 3. The lowest BCUT2D eigenvalue weighted by molar-refractivity contribution is 0.336. The molecule has 0 aromatic heterocycles. The topological polar surface area (TPSA) is 9.23 Å². The third kappa shape index (κ3) is 10.4. The van der Waals surface area contributed by atoms with E-state index in [0.717, 1.165) is 0 Å². The summed E-state index contributed by atoms with van der Waals surface area (Å²) < 4.78 is 5.35. The molecule has 0 amide bonds. The van der Waals surface area contributed by atoms with Gasteiger partial charge in [-0.2, -0.15) is 0 Å². The Morgan fingerprint density at radius 3 is 2.38 bits per heavy atom. The quantitative estimate of drug-likeness (QED) is 0.438. The summed E-state index contributed by atoms with van der Waals surface area (Å²) in [6.45, 7) is 9.08. The van der Waals surface area contributed by atoms with Crippen LogP contribution in [0.4, 0.5) is 0 Å². The van der Waals surface area contributed by atoms with Crippen LogP contribution in [0, 0.1) is 0 Å². The molecule has 0 spiro atoms. The van der Waals surface area contributed by atoms with E-state index in [2.05, 4.69) is 33.8 Å². The summed E-state index contributed by atoms with van der Waals surface area (Å²) in [6, 6.07) is 0. The summed E-state index contributed by atoms with van der Waals surface area (Å²) in [5.41, 5.74) is 0. The zero-order chi connectivity index (χ0) is 12.4. The molecular formula is C14H28OS. The van der Waals surface area contributed by atoms with Gasteiger partial charge in [0.05, 0.1) is 13.4 Å². The molecule has 0 radical (unpaired) electrons. The molecule has 96 valence electrons. The molecule has 0 saturated carbocycles. The Hall–Kier alpha value is -0.110. The highest BCUT2D eigenvalue weighted by Gasteiger charge is 2.16. The molecule has 16 heavy (non-hydrogen) atoms. The van der Waals surface area contributed by atoms with Gasteiger partial charge in [-0.1, -0.05) is 53.4 Å². The normalized spacial score (nSPS) is 14.3. The second kappa shape index (κ2) is 8.98. The van der Waals surface area contributed by atoms with Crippen LogP contribution >= 0.6 is 11.8 Å². The van der Waals surface area contributed by atoms with Gasteiger partial charge in [0.2, 0.25) is 0 Å². The zero-order valence-corrected chi connectivity index (χ0v) is 12.4. The molecular weight excluding hydrogens is 216 g/mol. The SMILES string of the molecule is CCCCCCC(/C=C\OC)SC(C)(C)C. The minimum Gasteiger partial charge on any atom is -0.505 e. The molecule has 0 heterocycles. The van der Waals surface area contributed by atoms with Gasteiger partial charge in [-0.15, -0.1) is 11.8 Å².